The van der Waals surface area contributed by atoms with Gasteiger partial charge < -0.3 is 24.8 Å². The zero-order chi connectivity index (χ0) is 23.6. The molecule has 1 aliphatic carbocycles. The van der Waals surface area contributed by atoms with Crippen LogP contribution in [0.3, 0.4) is 0 Å². The summed E-state index contributed by atoms with van der Waals surface area (Å²) in [5, 5.41) is 13.3. The Kier molecular flexibility index (Phi) is 7.07. The van der Waals surface area contributed by atoms with Gasteiger partial charge in [-0.25, -0.2) is 9.97 Å². The Balaban J connectivity index is 1.33. The van der Waals surface area contributed by atoms with E-state index >= 15 is 0 Å². The first kappa shape index (κ1) is 23.7. The average molecular weight is 475 g/mol. The first-order chi connectivity index (χ1) is 15.7. The second kappa shape index (κ2) is 9.83. The van der Waals surface area contributed by atoms with Crippen molar-refractivity contribution < 1.29 is 19.4 Å². The average Bonchev–Trinajstić information content (AvgIpc) is 3.47. The minimum Gasteiger partial charge on any atom is -0.489 e. The number of hydrogen-bond acceptors (Lipinski definition) is 7. The Morgan fingerprint density at radius 1 is 1.27 bits per heavy atom. The van der Waals surface area contributed by atoms with Gasteiger partial charge in [0.2, 0.25) is 5.91 Å². The molecule has 0 bridgehead atoms. The normalized spacial score (nSPS) is 19.4. The highest BCUT2D eigenvalue weighted by Crippen LogP contribution is 2.31. The molecule has 1 aliphatic heterocycles. The number of ether oxygens (including phenoxy) is 2. The standard InChI is InChI=1S/C24H31ClN4O4/c1-15(23(30)28-17-6-7-17)16-4-8-18(9-5-16)33-19-10-11-29(12-19)22-21(25)20(26-14-27-22)13-32-24(2,3)31/h4-5,8-9,14-15,17,19,31H,6-7,10-13H2,1-3H3,(H,28,30)/t15?,19-/m1/s1. The van der Waals surface area contributed by atoms with E-state index in [-0.39, 0.29) is 24.5 Å². The summed E-state index contributed by atoms with van der Waals surface area (Å²) in [5.41, 5.74) is 1.51. The lowest BCUT2D eigenvalue weighted by Crippen LogP contribution is -2.29. The van der Waals surface area contributed by atoms with Gasteiger partial charge in [0.15, 0.2) is 11.6 Å². The molecule has 1 amide bonds. The molecule has 2 heterocycles. The topological polar surface area (TPSA) is 96.8 Å². The number of aromatic nitrogens is 2. The molecule has 2 aliphatic rings. The smallest absolute Gasteiger partial charge is 0.227 e. The number of carbonyl (C=O) groups is 1. The Hall–Kier alpha value is -2.42. The summed E-state index contributed by atoms with van der Waals surface area (Å²) in [6, 6.07) is 8.11. The van der Waals surface area contributed by atoms with Crippen molar-refractivity contribution >= 4 is 23.3 Å². The van der Waals surface area contributed by atoms with Gasteiger partial charge in [-0.15, -0.1) is 0 Å². The van der Waals surface area contributed by atoms with Crippen LogP contribution in [-0.4, -0.2) is 52.0 Å². The summed E-state index contributed by atoms with van der Waals surface area (Å²) in [7, 11) is 0. The third-order valence-corrected chi connectivity index (χ3v) is 6.24. The number of amides is 1. The monoisotopic (exact) mass is 474 g/mol. The number of halogens is 1. The Morgan fingerprint density at radius 2 is 2.00 bits per heavy atom. The zero-order valence-electron chi connectivity index (χ0n) is 19.3. The Bertz CT molecular complexity index is 975. The van der Waals surface area contributed by atoms with E-state index in [2.05, 4.69) is 20.2 Å². The molecule has 2 N–H and O–H groups in total. The first-order valence-electron chi connectivity index (χ1n) is 11.4. The van der Waals surface area contributed by atoms with Crippen LogP contribution >= 0.6 is 11.6 Å². The van der Waals surface area contributed by atoms with Crippen molar-refractivity contribution in [1.29, 1.82) is 0 Å². The van der Waals surface area contributed by atoms with Gasteiger partial charge in [-0.05, 0) is 51.3 Å². The van der Waals surface area contributed by atoms with Gasteiger partial charge in [0.25, 0.3) is 0 Å². The second-order valence-corrected chi connectivity index (χ2v) is 9.62. The number of nitrogens with one attached hydrogen (secondary N) is 1. The quantitative estimate of drug-likeness (QED) is 0.537. The zero-order valence-corrected chi connectivity index (χ0v) is 20.0. The summed E-state index contributed by atoms with van der Waals surface area (Å²) in [5.74, 6) is 0.0317. The maximum absolute atomic E-state index is 12.3. The fourth-order valence-corrected chi connectivity index (χ4v) is 3.98. The minimum atomic E-state index is -1.27. The van der Waals surface area contributed by atoms with Crippen LogP contribution in [0.25, 0.3) is 0 Å². The largest absolute Gasteiger partial charge is 0.489 e. The van der Waals surface area contributed by atoms with E-state index in [9.17, 15) is 9.90 Å². The number of aliphatic hydroxyl groups is 1. The highest BCUT2D eigenvalue weighted by atomic mass is 35.5. The van der Waals surface area contributed by atoms with Crippen LogP contribution in [0, 0.1) is 0 Å². The van der Waals surface area contributed by atoms with Gasteiger partial charge in [-0.3, -0.25) is 4.79 Å². The Morgan fingerprint density at radius 3 is 2.67 bits per heavy atom. The highest BCUT2D eigenvalue weighted by molar-refractivity contribution is 6.33. The number of anilines is 1. The van der Waals surface area contributed by atoms with Gasteiger partial charge in [0.1, 0.15) is 23.2 Å². The summed E-state index contributed by atoms with van der Waals surface area (Å²) < 4.78 is 11.6. The van der Waals surface area contributed by atoms with Crippen molar-refractivity contribution in [2.75, 3.05) is 18.0 Å². The predicted octanol–water partition coefficient (Wildman–Crippen LogP) is 3.41. The first-order valence-corrected chi connectivity index (χ1v) is 11.7. The molecule has 9 heteroatoms. The lowest BCUT2D eigenvalue weighted by atomic mass is 10.0. The lowest BCUT2D eigenvalue weighted by molar-refractivity contribution is -0.184. The molecule has 4 rings (SSSR count). The van der Waals surface area contributed by atoms with Crippen LogP contribution in [0.5, 0.6) is 5.75 Å². The molecule has 0 spiro atoms. The summed E-state index contributed by atoms with van der Waals surface area (Å²) >= 11 is 6.53. The number of hydrogen-bond donors (Lipinski definition) is 2. The van der Waals surface area contributed by atoms with Crippen LogP contribution in [0.4, 0.5) is 5.82 Å². The van der Waals surface area contributed by atoms with Crippen LogP contribution in [-0.2, 0) is 16.1 Å². The van der Waals surface area contributed by atoms with Crippen molar-refractivity contribution in [3.63, 3.8) is 0 Å². The summed E-state index contributed by atoms with van der Waals surface area (Å²) in [4.78, 5) is 22.9. The van der Waals surface area contributed by atoms with E-state index < -0.39 is 5.79 Å². The van der Waals surface area contributed by atoms with Gasteiger partial charge >= 0.3 is 0 Å². The molecule has 33 heavy (non-hydrogen) atoms. The maximum atomic E-state index is 12.3. The molecule has 1 aromatic carbocycles. The molecule has 8 nitrogen and oxygen atoms in total. The predicted molar refractivity (Wildman–Crippen MR) is 125 cm³/mol. The Labute approximate surface area is 199 Å². The molecule has 1 unspecified atom stereocenters. The summed E-state index contributed by atoms with van der Waals surface area (Å²) in [6.45, 7) is 6.53. The molecule has 1 saturated carbocycles. The molecular weight excluding hydrogens is 444 g/mol. The number of carbonyl (C=O) groups excluding carboxylic acids is 1. The minimum absolute atomic E-state index is 0.00598. The fraction of sp³-hybridized carbons (Fsp3) is 0.542. The number of nitrogens with zero attached hydrogens (tertiary/aromatic N) is 3. The van der Waals surface area contributed by atoms with Crippen molar-refractivity contribution in [3.05, 3.63) is 46.9 Å². The van der Waals surface area contributed by atoms with Gasteiger partial charge in [-0.1, -0.05) is 23.7 Å². The van der Waals surface area contributed by atoms with E-state index in [1.54, 1.807) is 13.8 Å². The molecule has 1 saturated heterocycles. The van der Waals surface area contributed by atoms with E-state index in [0.717, 1.165) is 37.1 Å². The van der Waals surface area contributed by atoms with Gasteiger partial charge in [0.05, 0.1) is 24.8 Å². The number of benzene rings is 1. The third kappa shape index (κ3) is 6.34. The lowest BCUT2D eigenvalue weighted by Gasteiger charge is -2.21. The van der Waals surface area contributed by atoms with Crippen molar-refractivity contribution in [1.82, 2.24) is 15.3 Å². The van der Waals surface area contributed by atoms with Gasteiger partial charge in [-0.2, -0.15) is 0 Å². The second-order valence-electron chi connectivity index (χ2n) is 9.24. The maximum Gasteiger partial charge on any atom is 0.227 e. The SMILES string of the molecule is CC(C(=O)NC1CC1)c1ccc(O[C@@H]2CCN(c3ncnc(COC(C)(C)O)c3Cl)C2)cc1. The molecule has 0 radical (unpaired) electrons. The molecule has 1 aromatic heterocycles. The van der Waals surface area contributed by atoms with Crippen molar-refractivity contribution in [2.45, 2.75) is 70.5 Å². The van der Waals surface area contributed by atoms with E-state index in [0.29, 0.717) is 29.1 Å². The van der Waals surface area contributed by atoms with Crippen molar-refractivity contribution in [3.8, 4) is 5.75 Å². The molecule has 2 fully saturated rings. The van der Waals surface area contributed by atoms with Gasteiger partial charge in [0, 0.05) is 19.0 Å². The molecule has 2 aromatic rings. The fourth-order valence-electron chi connectivity index (χ4n) is 3.71. The van der Waals surface area contributed by atoms with E-state index in [1.165, 1.54) is 6.33 Å². The molecule has 2 atom stereocenters. The summed E-state index contributed by atoms with van der Waals surface area (Å²) in [6.07, 6.45) is 4.45. The third-order valence-electron chi connectivity index (χ3n) is 5.85. The highest BCUT2D eigenvalue weighted by Gasteiger charge is 2.29. The van der Waals surface area contributed by atoms with E-state index in [4.69, 9.17) is 21.1 Å². The molecule has 178 valence electrons. The number of rotatable bonds is 9. The van der Waals surface area contributed by atoms with Crippen LogP contribution < -0.4 is 15.0 Å². The van der Waals surface area contributed by atoms with Crippen LogP contribution in [0.2, 0.25) is 5.02 Å². The van der Waals surface area contributed by atoms with E-state index in [1.807, 2.05) is 31.2 Å². The van der Waals surface area contributed by atoms with Crippen LogP contribution in [0.1, 0.15) is 57.2 Å². The van der Waals surface area contributed by atoms with Crippen molar-refractivity contribution in [2.24, 2.45) is 0 Å². The van der Waals surface area contributed by atoms with Crippen LogP contribution in [0.15, 0.2) is 30.6 Å². The molecular formula is C24H31ClN4O4.